The fraction of sp³-hybridized carbons (Fsp3) is 0.448. The van der Waals surface area contributed by atoms with Gasteiger partial charge >= 0.3 is 5.97 Å². The predicted octanol–water partition coefficient (Wildman–Crippen LogP) is 5.68. The van der Waals surface area contributed by atoms with Crippen molar-refractivity contribution in [2.75, 3.05) is 13.1 Å². The number of carbonyl (C=O) groups excluding carboxylic acids is 2. The number of nitrogens with one attached hydrogen (secondary N) is 1. The second kappa shape index (κ2) is 12.8. The number of aliphatic carboxylic acids is 1. The highest BCUT2D eigenvalue weighted by molar-refractivity contribution is 6.47. The summed E-state index contributed by atoms with van der Waals surface area (Å²) in [4.78, 5) is 39.8. The minimum absolute atomic E-state index is 0.0137. The number of hydrogen-bond donors (Lipinski definition) is 2. The van der Waals surface area contributed by atoms with Crippen LogP contribution in [0.3, 0.4) is 0 Å². The van der Waals surface area contributed by atoms with Crippen molar-refractivity contribution in [2.24, 2.45) is 10.4 Å². The van der Waals surface area contributed by atoms with Crippen molar-refractivity contribution in [3.63, 3.8) is 0 Å². The van der Waals surface area contributed by atoms with Gasteiger partial charge in [-0.1, -0.05) is 66.9 Å². The molecule has 0 atom stereocenters. The van der Waals surface area contributed by atoms with Gasteiger partial charge in [0.2, 0.25) is 6.41 Å². The molecule has 2 aromatic rings. The van der Waals surface area contributed by atoms with Gasteiger partial charge in [0.25, 0.3) is 5.91 Å². The fourth-order valence-corrected chi connectivity index (χ4v) is 5.29. The second-order valence-corrected chi connectivity index (χ2v) is 11.5. The number of halogens is 2. The number of benzene rings is 2. The minimum atomic E-state index is -0.903. The van der Waals surface area contributed by atoms with E-state index in [0.717, 1.165) is 32.1 Å². The zero-order chi connectivity index (χ0) is 27.9. The van der Waals surface area contributed by atoms with E-state index in [2.05, 4.69) is 50.4 Å². The van der Waals surface area contributed by atoms with E-state index in [1.807, 2.05) is 4.90 Å². The van der Waals surface area contributed by atoms with Crippen LogP contribution < -0.4 is 5.32 Å². The molecule has 2 N–H and O–H groups in total. The smallest absolute Gasteiger partial charge is 0.305 e. The van der Waals surface area contributed by atoms with E-state index in [4.69, 9.17) is 33.3 Å². The summed E-state index contributed by atoms with van der Waals surface area (Å²) >= 11 is 12.4. The van der Waals surface area contributed by atoms with Gasteiger partial charge in [0.05, 0.1) is 6.42 Å². The Morgan fingerprint density at radius 1 is 1.08 bits per heavy atom. The van der Waals surface area contributed by atoms with Crippen LogP contribution in [0.4, 0.5) is 0 Å². The average molecular weight is 561 g/mol. The quantitative estimate of drug-likeness (QED) is 0.321. The van der Waals surface area contributed by atoms with Crippen LogP contribution in [0.5, 0.6) is 0 Å². The molecule has 1 saturated carbocycles. The molecule has 1 fully saturated rings. The lowest BCUT2D eigenvalue weighted by Gasteiger charge is -2.44. The van der Waals surface area contributed by atoms with E-state index in [9.17, 15) is 14.4 Å². The van der Waals surface area contributed by atoms with Crippen LogP contribution in [0, 0.1) is 12.3 Å². The van der Waals surface area contributed by atoms with Gasteiger partial charge in [-0.25, -0.2) is 0 Å². The highest BCUT2D eigenvalue weighted by Crippen LogP contribution is 2.46. The first kappa shape index (κ1) is 29.7. The summed E-state index contributed by atoms with van der Waals surface area (Å²) in [6, 6.07) is 13.8. The van der Waals surface area contributed by atoms with E-state index < -0.39 is 11.6 Å². The number of rotatable bonds is 8. The molecule has 0 radical (unpaired) electrons. The number of aliphatic imine (C=N–C) groups is 1. The number of nitrogens with zero attached hydrogens (tertiary/aromatic N) is 2. The standard InChI is InChI=1S/C25H28Cl2N2O.C4H7NO3/c1-17-4-6-18(7-5-17)8-13-29-23(30)22(19-14-20(26)16-21(27)15-19)28-25(29)11-9-24(2,3)10-12-25;6-3-5-2-1-4(7)8/h4-7,14-16H,8-13H2,1-3H3;3H,1-2H2,(H,5,6)(H,7,8). The van der Waals surface area contributed by atoms with Crippen molar-refractivity contribution in [3.05, 3.63) is 69.2 Å². The Hall–Kier alpha value is -2.90. The molecule has 2 aromatic carbocycles. The van der Waals surface area contributed by atoms with E-state index in [1.165, 1.54) is 11.1 Å². The molecule has 2 amide bonds. The van der Waals surface area contributed by atoms with E-state index >= 15 is 0 Å². The summed E-state index contributed by atoms with van der Waals surface area (Å²) in [5, 5.41) is 11.2. The molecule has 1 aliphatic heterocycles. The molecule has 4 rings (SSSR count). The van der Waals surface area contributed by atoms with E-state index in [0.29, 0.717) is 34.3 Å². The molecule has 38 heavy (non-hydrogen) atoms. The molecule has 9 heteroatoms. The number of carboxylic acids is 1. The Kier molecular flexibility index (Phi) is 9.96. The highest BCUT2D eigenvalue weighted by Gasteiger charge is 2.50. The first-order valence-electron chi connectivity index (χ1n) is 12.8. The third-order valence-corrected chi connectivity index (χ3v) is 7.56. The van der Waals surface area contributed by atoms with Crippen LogP contribution in [0.15, 0.2) is 47.5 Å². The molecule has 1 heterocycles. The number of carboxylic acid groups (broad SMARTS) is 1. The lowest BCUT2D eigenvalue weighted by Crippen LogP contribution is -2.50. The second-order valence-electron chi connectivity index (χ2n) is 10.7. The summed E-state index contributed by atoms with van der Waals surface area (Å²) in [6.07, 6.45) is 5.15. The summed E-state index contributed by atoms with van der Waals surface area (Å²) in [6.45, 7) is 7.55. The zero-order valence-electron chi connectivity index (χ0n) is 22.1. The van der Waals surface area contributed by atoms with E-state index in [1.54, 1.807) is 18.2 Å². The monoisotopic (exact) mass is 559 g/mol. The Morgan fingerprint density at radius 2 is 1.68 bits per heavy atom. The Bertz CT molecular complexity index is 1160. The van der Waals surface area contributed by atoms with Crippen molar-refractivity contribution in [1.82, 2.24) is 10.2 Å². The summed E-state index contributed by atoms with van der Waals surface area (Å²) < 4.78 is 0. The van der Waals surface area contributed by atoms with Gasteiger partial charge in [-0.05, 0) is 68.2 Å². The fourth-order valence-electron chi connectivity index (χ4n) is 4.76. The maximum Gasteiger partial charge on any atom is 0.305 e. The van der Waals surface area contributed by atoms with Crippen LogP contribution in [0.1, 0.15) is 62.6 Å². The molecule has 0 unspecified atom stereocenters. The van der Waals surface area contributed by atoms with Gasteiger partial charge in [0, 0.05) is 28.7 Å². The Balaban J connectivity index is 0.000000436. The number of amides is 2. The first-order valence-corrected chi connectivity index (χ1v) is 13.5. The van der Waals surface area contributed by atoms with Gasteiger partial charge in [0.15, 0.2) is 0 Å². The van der Waals surface area contributed by atoms with Crippen molar-refractivity contribution in [3.8, 4) is 0 Å². The Labute approximate surface area is 234 Å². The number of carbonyl (C=O) groups is 3. The third kappa shape index (κ3) is 7.81. The molecule has 0 saturated heterocycles. The summed E-state index contributed by atoms with van der Waals surface area (Å²) in [5.41, 5.74) is 3.50. The molecule has 1 spiro atoms. The van der Waals surface area contributed by atoms with Crippen LogP contribution in [0.2, 0.25) is 10.0 Å². The van der Waals surface area contributed by atoms with Crippen LogP contribution >= 0.6 is 23.2 Å². The topological polar surface area (TPSA) is 99.1 Å². The predicted molar refractivity (Wildman–Crippen MR) is 151 cm³/mol. The maximum absolute atomic E-state index is 13.5. The highest BCUT2D eigenvalue weighted by atomic mass is 35.5. The van der Waals surface area contributed by atoms with Crippen LogP contribution in [0.25, 0.3) is 0 Å². The Morgan fingerprint density at radius 3 is 2.24 bits per heavy atom. The van der Waals surface area contributed by atoms with E-state index in [-0.39, 0.29) is 24.3 Å². The molecule has 204 valence electrons. The lowest BCUT2D eigenvalue weighted by molar-refractivity contribution is -0.137. The minimum Gasteiger partial charge on any atom is -0.481 e. The van der Waals surface area contributed by atoms with Crippen molar-refractivity contribution in [2.45, 2.75) is 65.0 Å². The van der Waals surface area contributed by atoms with Crippen molar-refractivity contribution < 1.29 is 19.5 Å². The van der Waals surface area contributed by atoms with Gasteiger partial charge in [-0.2, -0.15) is 0 Å². The first-order chi connectivity index (χ1) is 17.9. The van der Waals surface area contributed by atoms with Gasteiger partial charge in [-0.3, -0.25) is 19.4 Å². The van der Waals surface area contributed by atoms with Crippen LogP contribution in [-0.4, -0.2) is 52.8 Å². The third-order valence-electron chi connectivity index (χ3n) is 7.12. The zero-order valence-corrected chi connectivity index (χ0v) is 23.6. The number of hydrogen-bond acceptors (Lipinski definition) is 4. The average Bonchev–Trinajstić information content (AvgIpc) is 3.12. The lowest BCUT2D eigenvalue weighted by atomic mass is 9.72. The van der Waals surface area contributed by atoms with Crippen LogP contribution in [-0.2, 0) is 20.8 Å². The number of aryl methyl sites for hydroxylation is 1. The molecular formula is C29H35Cl2N3O4. The molecular weight excluding hydrogens is 525 g/mol. The summed E-state index contributed by atoms with van der Waals surface area (Å²) in [7, 11) is 0. The molecule has 0 aromatic heterocycles. The summed E-state index contributed by atoms with van der Waals surface area (Å²) in [5.74, 6) is -0.917. The van der Waals surface area contributed by atoms with Gasteiger partial charge < -0.3 is 15.3 Å². The van der Waals surface area contributed by atoms with Crippen molar-refractivity contribution in [1.29, 1.82) is 0 Å². The maximum atomic E-state index is 13.5. The largest absolute Gasteiger partial charge is 0.481 e. The van der Waals surface area contributed by atoms with Gasteiger partial charge in [0.1, 0.15) is 11.4 Å². The van der Waals surface area contributed by atoms with Gasteiger partial charge in [-0.15, -0.1) is 0 Å². The molecule has 2 aliphatic rings. The molecule has 7 nitrogen and oxygen atoms in total. The normalized spacial score (nSPS) is 17.4. The molecule has 1 aliphatic carbocycles. The van der Waals surface area contributed by atoms with Crippen molar-refractivity contribution >= 4 is 47.2 Å². The SMILES string of the molecule is Cc1ccc(CCN2C(=O)C(c3cc(Cl)cc(Cl)c3)=NC23CCC(C)(C)CC3)cc1.O=CNCCC(=O)O. The molecule has 0 bridgehead atoms.